The monoisotopic (exact) mass is 376 g/mol. The number of aromatic nitrogens is 2. The number of amides is 1. The van der Waals surface area contributed by atoms with Gasteiger partial charge in [-0.2, -0.15) is 0 Å². The lowest BCUT2D eigenvalue weighted by Crippen LogP contribution is -2.35. The van der Waals surface area contributed by atoms with Crippen LogP contribution in [0.2, 0.25) is 0 Å². The molecule has 6 heteroatoms. The van der Waals surface area contributed by atoms with Crippen LogP contribution in [-0.4, -0.2) is 52.0 Å². The van der Waals surface area contributed by atoms with E-state index in [1.807, 2.05) is 60.5 Å². The van der Waals surface area contributed by atoms with E-state index in [2.05, 4.69) is 15.0 Å². The molecular weight excluding hydrogens is 352 g/mol. The van der Waals surface area contributed by atoms with E-state index in [0.717, 1.165) is 43.9 Å². The quantitative estimate of drug-likeness (QED) is 0.698. The first kappa shape index (κ1) is 18.4. The van der Waals surface area contributed by atoms with E-state index in [4.69, 9.17) is 4.52 Å². The van der Waals surface area contributed by atoms with Crippen molar-refractivity contribution in [2.24, 2.45) is 0 Å². The van der Waals surface area contributed by atoms with E-state index in [0.29, 0.717) is 18.0 Å². The van der Waals surface area contributed by atoms with Crippen LogP contribution in [0.25, 0.3) is 11.3 Å². The summed E-state index contributed by atoms with van der Waals surface area (Å²) in [5, 5.41) is 4.02. The zero-order valence-corrected chi connectivity index (χ0v) is 16.0. The van der Waals surface area contributed by atoms with E-state index < -0.39 is 0 Å². The molecule has 0 spiro atoms. The summed E-state index contributed by atoms with van der Waals surface area (Å²) in [5.74, 6) is 0.553. The van der Waals surface area contributed by atoms with Crippen molar-refractivity contribution in [2.75, 3.05) is 26.2 Å². The molecule has 4 rings (SSSR count). The first-order chi connectivity index (χ1) is 13.7. The Kier molecular flexibility index (Phi) is 5.48. The fraction of sp³-hybridized carbons (Fsp3) is 0.318. The minimum absolute atomic E-state index is 0.0678. The minimum atomic E-state index is -0.0678. The Morgan fingerprint density at radius 3 is 2.71 bits per heavy atom. The Balaban J connectivity index is 1.39. The molecule has 3 heterocycles. The number of hydrogen-bond acceptors (Lipinski definition) is 5. The molecule has 0 saturated carbocycles. The molecule has 3 aromatic rings. The van der Waals surface area contributed by atoms with Crippen molar-refractivity contribution in [2.45, 2.75) is 19.9 Å². The third-order valence-corrected chi connectivity index (χ3v) is 5.05. The molecule has 2 aromatic heterocycles. The standard InChI is InChI=1S/C22H24N4O2/c1-17-6-8-18(9-7-17)21-15-20(24-28-21)22(27)26-12-4-11-25(13-14-26)16-19-5-2-3-10-23-19/h2-3,5-10,15H,4,11-14,16H2,1H3. The summed E-state index contributed by atoms with van der Waals surface area (Å²) in [4.78, 5) is 21.5. The van der Waals surface area contributed by atoms with Gasteiger partial charge in [-0.25, -0.2) is 0 Å². The highest BCUT2D eigenvalue weighted by Gasteiger charge is 2.23. The van der Waals surface area contributed by atoms with Gasteiger partial charge < -0.3 is 9.42 Å². The predicted octanol–water partition coefficient (Wildman–Crippen LogP) is 3.39. The first-order valence-corrected chi connectivity index (χ1v) is 9.64. The fourth-order valence-corrected chi connectivity index (χ4v) is 3.44. The Bertz CT molecular complexity index is 921. The second-order valence-corrected chi connectivity index (χ2v) is 7.19. The number of hydrogen-bond donors (Lipinski definition) is 0. The zero-order valence-electron chi connectivity index (χ0n) is 16.0. The molecule has 1 fully saturated rings. The molecular formula is C22H24N4O2. The molecule has 0 unspecified atom stereocenters. The van der Waals surface area contributed by atoms with Crippen molar-refractivity contribution in [1.29, 1.82) is 0 Å². The summed E-state index contributed by atoms with van der Waals surface area (Å²) in [7, 11) is 0. The maximum absolute atomic E-state index is 12.9. The topological polar surface area (TPSA) is 62.5 Å². The van der Waals surface area contributed by atoms with Gasteiger partial charge in [-0.15, -0.1) is 0 Å². The van der Waals surface area contributed by atoms with Crippen molar-refractivity contribution >= 4 is 5.91 Å². The normalized spacial score (nSPS) is 15.4. The van der Waals surface area contributed by atoms with Crippen molar-refractivity contribution < 1.29 is 9.32 Å². The van der Waals surface area contributed by atoms with Gasteiger partial charge in [0.1, 0.15) is 0 Å². The van der Waals surface area contributed by atoms with Crippen molar-refractivity contribution in [1.82, 2.24) is 19.9 Å². The second-order valence-electron chi connectivity index (χ2n) is 7.19. The molecule has 1 aliphatic rings. The van der Waals surface area contributed by atoms with E-state index in [9.17, 15) is 4.79 Å². The average molecular weight is 376 g/mol. The third kappa shape index (κ3) is 4.28. The Hall–Kier alpha value is -2.99. The summed E-state index contributed by atoms with van der Waals surface area (Å²) in [6.07, 6.45) is 2.75. The van der Waals surface area contributed by atoms with Gasteiger partial charge in [0.15, 0.2) is 11.5 Å². The van der Waals surface area contributed by atoms with Crippen LogP contribution in [0, 0.1) is 6.92 Å². The van der Waals surface area contributed by atoms with Crippen LogP contribution in [0.5, 0.6) is 0 Å². The molecule has 1 aromatic carbocycles. The van der Waals surface area contributed by atoms with Gasteiger partial charge in [0.2, 0.25) is 0 Å². The number of aryl methyl sites for hydroxylation is 1. The highest BCUT2D eigenvalue weighted by Crippen LogP contribution is 2.21. The van der Waals surface area contributed by atoms with Crippen molar-refractivity contribution in [3.8, 4) is 11.3 Å². The summed E-state index contributed by atoms with van der Waals surface area (Å²) < 4.78 is 5.42. The largest absolute Gasteiger partial charge is 0.355 e. The molecule has 1 aliphatic heterocycles. The molecule has 0 radical (unpaired) electrons. The van der Waals surface area contributed by atoms with E-state index in [1.165, 1.54) is 5.56 Å². The molecule has 28 heavy (non-hydrogen) atoms. The van der Waals surface area contributed by atoms with Crippen LogP contribution >= 0.6 is 0 Å². The van der Waals surface area contributed by atoms with E-state index in [1.54, 1.807) is 6.07 Å². The Morgan fingerprint density at radius 1 is 1.07 bits per heavy atom. The highest BCUT2D eigenvalue weighted by molar-refractivity contribution is 5.93. The number of carbonyl (C=O) groups is 1. The summed E-state index contributed by atoms with van der Waals surface area (Å²) in [5.41, 5.74) is 3.53. The van der Waals surface area contributed by atoms with Gasteiger partial charge in [0, 0.05) is 50.6 Å². The van der Waals surface area contributed by atoms with Gasteiger partial charge in [-0.05, 0) is 25.5 Å². The lowest BCUT2D eigenvalue weighted by Gasteiger charge is -2.21. The number of pyridine rings is 1. The van der Waals surface area contributed by atoms with Gasteiger partial charge in [-0.1, -0.05) is 41.1 Å². The lowest BCUT2D eigenvalue weighted by atomic mass is 10.1. The summed E-state index contributed by atoms with van der Waals surface area (Å²) >= 11 is 0. The van der Waals surface area contributed by atoms with Gasteiger partial charge >= 0.3 is 0 Å². The SMILES string of the molecule is Cc1ccc(-c2cc(C(=O)N3CCCN(Cc4ccccn4)CC3)no2)cc1. The maximum Gasteiger partial charge on any atom is 0.276 e. The minimum Gasteiger partial charge on any atom is -0.355 e. The summed E-state index contributed by atoms with van der Waals surface area (Å²) in [6.45, 7) is 6.03. The fourth-order valence-electron chi connectivity index (χ4n) is 3.44. The van der Waals surface area contributed by atoms with Crippen LogP contribution in [0.1, 0.15) is 28.2 Å². The van der Waals surface area contributed by atoms with Crippen LogP contribution in [0.15, 0.2) is 59.3 Å². The molecule has 0 N–H and O–H groups in total. The smallest absolute Gasteiger partial charge is 0.276 e. The number of rotatable bonds is 4. The van der Waals surface area contributed by atoms with Crippen LogP contribution in [0.3, 0.4) is 0 Å². The van der Waals surface area contributed by atoms with Gasteiger partial charge in [0.25, 0.3) is 5.91 Å². The molecule has 1 saturated heterocycles. The number of nitrogens with zero attached hydrogens (tertiary/aromatic N) is 4. The van der Waals surface area contributed by atoms with Crippen LogP contribution < -0.4 is 0 Å². The van der Waals surface area contributed by atoms with Crippen molar-refractivity contribution in [3.05, 3.63) is 71.7 Å². The molecule has 0 atom stereocenters. The Labute approximate surface area is 164 Å². The molecule has 1 amide bonds. The third-order valence-electron chi connectivity index (χ3n) is 5.05. The van der Waals surface area contributed by atoms with Crippen LogP contribution in [0.4, 0.5) is 0 Å². The molecule has 0 aliphatic carbocycles. The number of benzene rings is 1. The molecule has 144 valence electrons. The highest BCUT2D eigenvalue weighted by atomic mass is 16.5. The average Bonchev–Trinajstić information content (AvgIpc) is 3.10. The second kappa shape index (κ2) is 8.35. The van der Waals surface area contributed by atoms with E-state index in [-0.39, 0.29) is 5.91 Å². The summed E-state index contributed by atoms with van der Waals surface area (Å²) in [6, 6.07) is 15.7. The lowest BCUT2D eigenvalue weighted by molar-refractivity contribution is 0.0750. The van der Waals surface area contributed by atoms with E-state index >= 15 is 0 Å². The van der Waals surface area contributed by atoms with Crippen molar-refractivity contribution in [3.63, 3.8) is 0 Å². The predicted molar refractivity (Wildman–Crippen MR) is 107 cm³/mol. The number of carbonyl (C=O) groups excluding carboxylic acids is 1. The maximum atomic E-state index is 12.9. The first-order valence-electron chi connectivity index (χ1n) is 9.64. The Morgan fingerprint density at radius 2 is 1.93 bits per heavy atom. The zero-order chi connectivity index (χ0) is 19.3. The van der Waals surface area contributed by atoms with Gasteiger partial charge in [0.05, 0.1) is 5.69 Å². The molecule has 6 nitrogen and oxygen atoms in total. The van der Waals surface area contributed by atoms with Gasteiger partial charge in [-0.3, -0.25) is 14.7 Å². The van der Waals surface area contributed by atoms with Crippen LogP contribution in [-0.2, 0) is 6.54 Å². The molecule has 0 bridgehead atoms.